The van der Waals surface area contributed by atoms with E-state index in [1.807, 2.05) is 48.0 Å². The molecule has 4 N–H and O–H groups in total. The number of anilines is 3. The lowest BCUT2D eigenvalue weighted by Crippen LogP contribution is -2.43. The fraction of sp³-hybridized carbons (Fsp3) is 0.542. The lowest BCUT2D eigenvalue weighted by Gasteiger charge is -2.28. The molecule has 0 radical (unpaired) electrons. The Morgan fingerprint density at radius 3 is 2.82 bits per heavy atom. The number of aliphatic hydroxyl groups excluding tert-OH is 1. The normalized spacial score (nSPS) is 19.6. The molecule has 0 aromatic carbocycles. The van der Waals surface area contributed by atoms with Crippen LogP contribution in [-0.2, 0) is 0 Å². The van der Waals surface area contributed by atoms with Crippen LogP contribution in [0.1, 0.15) is 50.3 Å². The van der Waals surface area contributed by atoms with Gasteiger partial charge in [-0.2, -0.15) is 9.61 Å². The Balaban J connectivity index is 1.65. The quantitative estimate of drug-likeness (QED) is 0.414. The summed E-state index contributed by atoms with van der Waals surface area (Å²) in [5.74, 6) is 3.09. The molecule has 0 bridgehead atoms. The number of pyridine rings is 1. The second kappa shape index (κ2) is 9.93. The van der Waals surface area contributed by atoms with Crippen molar-refractivity contribution in [2.24, 2.45) is 5.92 Å². The molecule has 1 saturated heterocycles. The molecular formula is C24H36N8O. The van der Waals surface area contributed by atoms with Crippen LogP contribution < -0.4 is 20.9 Å². The molecule has 1 aliphatic heterocycles. The highest BCUT2D eigenvalue weighted by Crippen LogP contribution is 2.29. The lowest BCUT2D eigenvalue weighted by atomic mass is 9.95. The van der Waals surface area contributed by atoms with Gasteiger partial charge in [-0.15, -0.1) is 0 Å². The van der Waals surface area contributed by atoms with E-state index in [-0.39, 0.29) is 18.1 Å². The molecule has 0 unspecified atom stereocenters. The molecule has 4 rings (SSSR count). The minimum Gasteiger partial charge on any atom is -0.391 e. The van der Waals surface area contributed by atoms with Gasteiger partial charge in [0, 0.05) is 56.5 Å². The highest BCUT2D eigenvalue weighted by molar-refractivity contribution is 5.62. The number of hydrogen-bond donors (Lipinski definition) is 4. The Morgan fingerprint density at radius 1 is 1.27 bits per heavy atom. The highest BCUT2D eigenvalue weighted by atomic mass is 16.3. The summed E-state index contributed by atoms with van der Waals surface area (Å²) in [6.07, 6.45) is 4.31. The number of rotatable bonds is 8. The smallest absolute Gasteiger partial charge is 0.163 e. The second-order valence-corrected chi connectivity index (χ2v) is 9.39. The third-order valence-corrected chi connectivity index (χ3v) is 6.33. The highest BCUT2D eigenvalue weighted by Gasteiger charge is 2.23. The molecule has 3 aromatic rings. The number of aromatic nitrogens is 4. The summed E-state index contributed by atoms with van der Waals surface area (Å²) in [7, 11) is 4.01. The molecule has 0 saturated carbocycles. The zero-order valence-corrected chi connectivity index (χ0v) is 20.2. The number of hydrogen-bond acceptors (Lipinski definition) is 8. The summed E-state index contributed by atoms with van der Waals surface area (Å²) >= 11 is 0. The lowest BCUT2D eigenvalue weighted by molar-refractivity contribution is 0.0883. The Hall–Kier alpha value is -2.91. The van der Waals surface area contributed by atoms with Gasteiger partial charge in [-0.25, -0.2) is 9.97 Å². The SMILES string of the molecule is CC(C)c1cnn2c(N[C@H](C)c3cccnc3N(C)C)cc(NC[C@H]3CCNC[C@@H]3O)nc12. The second-order valence-electron chi connectivity index (χ2n) is 9.39. The maximum Gasteiger partial charge on any atom is 0.163 e. The van der Waals surface area contributed by atoms with E-state index in [4.69, 9.17) is 4.98 Å². The van der Waals surface area contributed by atoms with Crippen LogP contribution in [0.15, 0.2) is 30.6 Å². The van der Waals surface area contributed by atoms with E-state index in [0.717, 1.165) is 47.2 Å². The minimum atomic E-state index is -0.344. The van der Waals surface area contributed by atoms with E-state index >= 15 is 0 Å². The average molecular weight is 453 g/mol. The fourth-order valence-electron chi connectivity index (χ4n) is 4.37. The van der Waals surface area contributed by atoms with E-state index in [2.05, 4.69) is 52.9 Å². The zero-order valence-electron chi connectivity index (χ0n) is 20.2. The van der Waals surface area contributed by atoms with Crippen molar-refractivity contribution in [3.63, 3.8) is 0 Å². The van der Waals surface area contributed by atoms with Crippen LogP contribution in [0.3, 0.4) is 0 Å². The number of aliphatic hydroxyl groups is 1. The van der Waals surface area contributed by atoms with Gasteiger partial charge in [-0.05, 0) is 31.9 Å². The third-order valence-electron chi connectivity index (χ3n) is 6.33. The van der Waals surface area contributed by atoms with Crippen LogP contribution in [0.5, 0.6) is 0 Å². The van der Waals surface area contributed by atoms with Gasteiger partial charge in [0.15, 0.2) is 5.65 Å². The molecule has 9 nitrogen and oxygen atoms in total. The van der Waals surface area contributed by atoms with Crippen molar-refractivity contribution in [1.82, 2.24) is 24.9 Å². The standard InChI is InChI=1S/C24H36N8O/c1-15(2)19-13-28-32-22(29-16(3)18-7-6-9-26-23(18)31(4)5)11-21(30-24(19)32)27-12-17-8-10-25-14-20(17)33/h6-7,9,11,13,15-17,20,25,29,33H,8,10,12,14H2,1-5H3,(H,27,30)/t16-,17-,20+/m1/s1. The first-order chi connectivity index (χ1) is 15.8. The largest absolute Gasteiger partial charge is 0.391 e. The maximum absolute atomic E-state index is 10.3. The first-order valence-corrected chi connectivity index (χ1v) is 11.7. The summed E-state index contributed by atoms with van der Waals surface area (Å²) in [4.78, 5) is 11.5. The van der Waals surface area contributed by atoms with E-state index in [1.54, 1.807) is 0 Å². The van der Waals surface area contributed by atoms with E-state index < -0.39 is 0 Å². The van der Waals surface area contributed by atoms with Gasteiger partial charge >= 0.3 is 0 Å². The van der Waals surface area contributed by atoms with Crippen LogP contribution in [0.25, 0.3) is 5.65 Å². The molecule has 1 aliphatic rings. The summed E-state index contributed by atoms with van der Waals surface area (Å²) in [5.41, 5.74) is 3.05. The minimum absolute atomic E-state index is 0.00694. The number of nitrogens with one attached hydrogen (secondary N) is 3. The summed E-state index contributed by atoms with van der Waals surface area (Å²) in [6.45, 7) is 8.68. The molecule has 0 aliphatic carbocycles. The van der Waals surface area contributed by atoms with Crippen molar-refractivity contribution in [2.75, 3.05) is 49.3 Å². The Kier molecular flexibility index (Phi) is 6.99. The predicted octanol–water partition coefficient (Wildman–Crippen LogP) is 2.87. The van der Waals surface area contributed by atoms with Crippen LogP contribution in [0, 0.1) is 5.92 Å². The molecule has 33 heavy (non-hydrogen) atoms. The van der Waals surface area contributed by atoms with Crippen molar-refractivity contribution in [2.45, 2.75) is 45.3 Å². The molecule has 4 heterocycles. The van der Waals surface area contributed by atoms with Crippen molar-refractivity contribution < 1.29 is 5.11 Å². The average Bonchev–Trinajstić information content (AvgIpc) is 3.23. The van der Waals surface area contributed by atoms with Crippen LogP contribution >= 0.6 is 0 Å². The molecule has 3 atom stereocenters. The molecule has 3 aromatic heterocycles. The van der Waals surface area contributed by atoms with Crippen LogP contribution in [0.2, 0.25) is 0 Å². The predicted molar refractivity (Wildman–Crippen MR) is 133 cm³/mol. The van der Waals surface area contributed by atoms with Gasteiger partial charge in [0.1, 0.15) is 17.5 Å². The van der Waals surface area contributed by atoms with Crippen LogP contribution in [-0.4, -0.2) is 64.5 Å². The van der Waals surface area contributed by atoms with Crippen molar-refractivity contribution >= 4 is 23.1 Å². The molecular weight excluding hydrogens is 416 g/mol. The molecule has 0 amide bonds. The van der Waals surface area contributed by atoms with Gasteiger partial charge in [0.05, 0.1) is 18.3 Å². The monoisotopic (exact) mass is 452 g/mol. The fourth-order valence-corrected chi connectivity index (χ4v) is 4.37. The number of nitrogens with zero attached hydrogens (tertiary/aromatic N) is 5. The van der Waals surface area contributed by atoms with Gasteiger partial charge in [-0.1, -0.05) is 19.9 Å². The maximum atomic E-state index is 10.3. The number of β-amino-alcohol motifs (C(OH)–C–C–N with tert-alkyl or cyclic N) is 1. The first-order valence-electron chi connectivity index (χ1n) is 11.7. The van der Waals surface area contributed by atoms with Gasteiger partial charge in [0.25, 0.3) is 0 Å². The van der Waals surface area contributed by atoms with Crippen molar-refractivity contribution in [3.8, 4) is 0 Å². The Bertz CT molecular complexity index is 1080. The molecule has 0 spiro atoms. The topological polar surface area (TPSA) is 103 Å². The number of fused-ring (bicyclic) bond motifs is 1. The van der Waals surface area contributed by atoms with E-state index in [9.17, 15) is 5.11 Å². The van der Waals surface area contributed by atoms with Gasteiger partial charge < -0.3 is 26.0 Å². The summed E-state index contributed by atoms with van der Waals surface area (Å²) in [5, 5.41) is 25.3. The van der Waals surface area contributed by atoms with Gasteiger partial charge in [-0.3, -0.25) is 0 Å². The van der Waals surface area contributed by atoms with Gasteiger partial charge in [0.2, 0.25) is 0 Å². The first kappa shape index (κ1) is 23.3. The summed E-state index contributed by atoms with van der Waals surface area (Å²) < 4.78 is 1.88. The molecule has 178 valence electrons. The Labute approximate surface area is 195 Å². The van der Waals surface area contributed by atoms with Crippen molar-refractivity contribution in [3.05, 3.63) is 41.7 Å². The zero-order chi connectivity index (χ0) is 23.5. The molecule has 1 fully saturated rings. The van der Waals surface area contributed by atoms with E-state index in [1.165, 1.54) is 0 Å². The van der Waals surface area contributed by atoms with Crippen LogP contribution in [0.4, 0.5) is 17.5 Å². The Morgan fingerprint density at radius 2 is 2.09 bits per heavy atom. The molecule has 9 heteroatoms. The summed E-state index contributed by atoms with van der Waals surface area (Å²) in [6, 6.07) is 6.07. The van der Waals surface area contributed by atoms with E-state index in [0.29, 0.717) is 19.0 Å². The third kappa shape index (κ3) is 5.04. The van der Waals surface area contributed by atoms with Crippen molar-refractivity contribution in [1.29, 1.82) is 0 Å². The number of piperidine rings is 1.